The lowest BCUT2D eigenvalue weighted by atomic mass is 10.1. The molecule has 0 saturated heterocycles. The molecule has 196 valence electrons. The fourth-order valence-electron chi connectivity index (χ4n) is 4.05. The molecule has 1 heterocycles. The Bertz CT molecular complexity index is 1510. The highest BCUT2D eigenvalue weighted by atomic mass is 32.2. The minimum atomic E-state index is -1.17. The molecular weight excluding hydrogens is 516 g/mol. The van der Waals surface area contributed by atoms with Crippen LogP contribution in [0.3, 0.4) is 0 Å². The van der Waals surface area contributed by atoms with Crippen molar-refractivity contribution in [3.63, 3.8) is 0 Å². The Kier molecular flexibility index (Phi) is 7.79. The summed E-state index contributed by atoms with van der Waals surface area (Å²) in [5, 5.41) is 14.5. The van der Waals surface area contributed by atoms with Gasteiger partial charge in [-0.3, -0.25) is 9.59 Å². The smallest absolute Gasteiger partial charge is 0.336 e. The molecule has 0 radical (unpaired) electrons. The number of hydrogen-bond donors (Lipinski definition) is 3. The number of thioether (sulfide) groups is 1. The van der Waals surface area contributed by atoms with Crippen LogP contribution in [-0.2, 0) is 4.79 Å². The summed E-state index contributed by atoms with van der Waals surface area (Å²) in [6.07, 6.45) is 0. The van der Waals surface area contributed by atoms with Gasteiger partial charge in [0.15, 0.2) is 11.5 Å². The molecule has 0 aliphatic carbocycles. The molecule has 0 bridgehead atoms. The van der Waals surface area contributed by atoms with E-state index in [1.807, 2.05) is 30.3 Å². The first-order chi connectivity index (χ1) is 19.0. The normalized spacial score (nSPS) is 12.7. The van der Waals surface area contributed by atoms with Crippen LogP contribution in [0, 0.1) is 0 Å². The monoisotopic (exact) mass is 540 g/mol. The molecule has 8 nitrogen and oxygen atoms in total. The first-order valence-corrected chi connectivity index (χ1v) is 13.0. The maximum atomic E-state index is 13.4. The number of rotatable bonds is 8. The number of carbonyl (C=O) groups is 3. The summed E-state index contributed by atoms with van der Waals surface area (Å²) >= 11 is 1.37. The van der Waals surface area contributed by atoms with Gasteiger partial charge in [0.1, 0.15) is 18.5 Å². The van der Waals surface area contributed by atoms with Crippen LogP contribution in [0.2, 0.25) is 0 Å². The number of anilines is 2. The molecule has 4 aromatic rings. The number of benzene rings is 4. The predicted molar refractivity (Wildman–Crippen MR) is 149 cm³/mol. The van der Waals surface area contributed by atoms with Gasteiger partial charge in [-0.2, -0.15) is 0 Å². The standard InChI is InChI=1S/C30H24N2O6S/c33-28(23-8-4-5-9-24(23)30(35)36)31-20-10-13-22(14-11-20)39-27(19-6-2-1-3-7-19)29(34)32-21-12-15-25-26(18-21)38-17-16-37-25/h1-15,18,27H,16-17H2,(H,31,33)(H,32,34)(H,35,36). The van der Waals surface area contributed by atoms with Gasteiger partial charge in [0.25, 0.3) is 5.91 Å². The second-order valence-electron chi connectivity index (χ2n) is 8.59. The van der Waals surface area contributed by atoms with Crippen molar-refractivity contribution in [2.24, 2.45) is 0 Å². The van der Waals surface area contributed by atoms with Gasteiger partial charge in [-0.1, -0.05) is 42.5 Å². The van der Waals surface area contributed by atoms with Crippen LogP contribution in [-0.4, -0.2) is 36.1 Å². The molecule has 0 saturated carbocycles. The van der Waals surface area contributed by atoms with Crippen LogP contribution in [0.25, 0.3) is 0 Å². The van der Waals surface area contributed by atoms with Crippen molar-refractivity contribution in [2.75, 3.05) is 23.8 Å². The largest absolute Gasteiger partial charge is 0.486 e. The fourth-order valence-corrected chi connectivity index (χ4v) is 5.07. The average Bonchev–Trinajstić information content (AvgIpc) is 2.97. The summed E-state index contributed by atoms with van der Waals surface area (Å²) < 4.78 is 11.2. The molecule has 9 heteroatoms. The highest BCUT2D eigenvalue weighted by molar-refractivity contribution is 8.00. The third-order valence-corrected chi connectivity index (χ3v) is 7.18. The van der Waals surface area contributed by atoms with Gasteiger partial charge in [-0.05, 0) is 54.1 Å². The van der Waals surface area contributed by atoms with E-state index in [1.54, 1.807) is 54.6 Å². The zero-order valence-corrected chi connectivity index (χ0v) is 21.4. The number of nitrogens with one attached hydrogen (secondary N) is 2. The van der Waals surface area contributed by atoms with E-state index in [0.717, 1.165) is 10.5 Å². The average molecular weight is 541 g/mol. The Hall–Kier alpha value is -4.76. The van der Waals surface area contributed by atoms with Crippen molar-refractivity contribution in [1.29, 1.82) is 0 Å². The Morgan fingerprint density at radius 1 is 0.718 bits per heavy atom. The summed E-state index contributed by atoms with van der Waals surface area (Å²) in [6.45, 7) is 0.943. The molecule has 0 aromatic heterocycles. The Labute approximate surface area is 229 Å². The van der Waals surface area contributed by atoms with Gasteiger partial charge in [-0.15, -0.1) is 11.8 Å². The van der Waals surface area contributed by atoms with Crippen LogP contribution in [0.15, 0.2) is 102 Å². The summed E-state index contributed by atoms with van der Waals surface area (Å²) in [5.74, 6) is -0.660. The van der Waals surface area contributed by atoms with Crippen molar-refractivity contribution in [2.45, 2.75) is 10.1 Å². The number of carbonyl (C=O) groups excluding carboxylic acids is 2. The topological polar surface area (TPSA) is 114 Å². The Morgan fingerprint density at radius 2 is 1.36 bits per heavy atom. The SMILES string of the molecule is O=C(O)c1ccccc1C(=O)Nc1ccc(SC(C(=O)Nc2ccc3c(c2)OCCO3)c2ccccc2)cc1. The molecule has 4 aromatic carbocycles. The second kappa shape index (κ2) is 11.7. The number of ether oxygens (including phenoxy) is 2. The van der Waals surface area contributed by atoms with E-state index in [1.165, 1.54) is 23.9 Å². The van der Waals surface area contributed by atoms with Crippen molar-refractivity contribution < 1.29 is 29.0 Å². The van der Waals surface area contributed by atoms with E-state index in [4.69, 9.17) is 9.47 Å². The third-order valence-electron chi connectivity index (χ3n) is 5.92. The molecular formula is C30H24N2O6S. The molecule has 39 heavy (non-hydrogen) atoms. The van der Waals surface area contributed by atoms with Crippen molar-refractivity contribution in [3.8, 4) is 11.5 Å². The zero-order valence-electron chi connectivity index (χ0n) is 20.6. The number of carboxylic acid groups (broad SMARTS) is 1. The van der Waals surface area contributed by atoms with Crippen LogP contribution in [0.5, 0.6) is 11.5 Å². The first kappa shape index (κ1) is 25.9. The van der Waals surface area contributed by atoms with Crippen LogP contribution in [0.4, 0.5) is 11.4 Å². The van der Waals surface area contributed by atoms with Gasteiger partial charge in [-0.25, -0.2) is 4.79 Å². The van der Waals surface area contributed by atoms with Crippen LogP contribution < -0.4 is 20.1 Å². The molecule has 1 aliphatic rings. The number of fused-ring (bicyclic) bond motifs is 1. The van der Waals surface area contributed by atoms with E-state index in [2.05, 4.69) is 10.6 Å². The summed E-state index contributed by atoms with van der Waals surface area (Å²) in [6, 6.07) is 27.8. The molecule has 1 unspecified atom stereocenters. The fraction of sp³-hybridized carbons (Fsp3) is 0.100. The van der Waals surface area contributed by atoms with Crippen LogP contribution in [0.1, 0.15) is 31.5 Å². The van der Waals surface area contributed by atoms with Gasteiger partial charge >= 0.3 is 5.97 Å². The Balaban J connectivity index is 1.31. The van der Waals surface area contributed by atoms with Crippen molar-refractivity contribution >= 4 is 40.9 Å². The highest BCUT2D eigenvalue weighted by Gasteiger charge is 2.23. The lowest BCUT2D eigenvalue weighted by molar-refractivity contribution is -0.115. The van der Waals surface area contributed by atoms with Crippen LogP contribution >= 0.6 is 11.8 Å². The number of carboxylic acids is 1. The second-order valence-corrected chi connectivity index (χ2v) is 9.76. The quantitative estimate of drug-likeness (QED) is 0.239. The molecule has 1 aliphatic heterocycles. The number of aromatic carboxylic acids is 1. The number of amides is 2. The Morgan fingerprint density at radius 3 is 2.08 bits per heavy atom. The molecule has 5 rings (SSSR count). The van der Waals surface area contributed by atoms with Gasteiger partial charge < -0.3 is 25.2 Å². The highest BCUT2D eigenvalue weighted by Crippen LogP contribution is 2.38. The maximum absolute atomic E-state index is 13.4. The molecule has 0 spiro atoms. The lowest BCUT2D eigenvalue weighted by Crippen LogP contribution is -2.20. The van der Waals surface area contributed by atoms with Gasteiger partial charge in [0, 0.05) is 22.3 Å². The molecule has 2 amide bonds. The lowest BCUT2D eigenvalue weighted by Gasteiger charge is -2.20. The van der Waals surface area contributed by atoms with Crippen molar-refractivity contribution in [1.82, 2.24) is 0 Å². The van der Waals surface area contributed by atoms with E-state index in [9.17, 15) is 19.5 Å². The van der Waals surface area contributed by atoms with E-state index in [-0.39, 0.29) is 17.0 Å². The molecule has 1 atom stereocenters. The predicted octanol–water partition coefficient (Wildman–Crippen LogP) is 5.88. The maximum Gasteiger partial charge on any atom is 0.336 e. The summed E-state index contributed by atoms with van der Waals surface area (Å²) in [4.78, 5) is 38.4. The zero-order chi connectivity index (χ0) is 27.2. The van der Waals surface area contributed by atoms with Gasteiger partial charge in [0.05, 0.1) is 11.1 Å². The number of hydrogen-bond acceptors (Lipinski definition) is 6. The molecule has 3 N–H and O–H groups in total. The summed E-state index contributed by atoms with van der Waals surface area (Å²) in [5.41, 5.74) is 1.94. The van der Waals surface area contributed by atoms with E-state index >= 15 is 0 Å². The first-order valence-electron chi connectivity index (χ1n) is 12.1. The van der Waals surface area contributed by atoms with E-state index < -0.39 is 17.1 Å². The third kappa shape index (κ3) is 6.22. The van der Waals surface area contributed by atoms with E-state index in [0.29, 0.717) is 36.1 Å². The molecule has 0 fully saturated rings. The summed E-state index contributed by atoms with van der Waals surface area (Å²) in [7, 11) is 0. The van der Waals surface area contributed by atoms with Crippen molar-refractivity contribution in [3.05, 3.63) is 114 Å². The minimum absolute atomic E-state index is 0.0723. The van der Waals surface area contributed by atoms with Gasteiger partial charge in [0.2, 0.25) is 5.91 Å². The minimum Gasteiger partial charge on any atom is -0.486 e.